The number of hydrogen-bond donors (Lipinski definition) is 3. The monoisotopic (exact) mass is 364 g/mol. The number of nitrogens with two attached hydrogens (primary N) is 1. The fraction of sp³-hybridized carbons (Fsp3) is 0.211. The molecule has 8 nitrogen and oxygen atoms in total. The number of anilines is 1. The van der Waals surface area contributed by atoms with Gasteiger partial charge in [0.05, 0.1) is 12.2 Å². The number of nitriles is 1. The first kappa shape index (κ1) is 16.9. The Kier molecular flexibility index (Phi) is 3.58. The molecule has 8 heteroatoms. The average Bonchev–Trinajstić information content (AvgIpc) is 2.91. The van der Waals surface area contributed by atoms with Gasteiger partial charge in [-0.2, -0.15) is 5.26 Å². The number of aliphatic hydroxyl groups is 1. The minimum atomic E-state index is -1.69. The van der Waals surface area contributed by atoms with Gasteiger partial charge in [-0.15, -0.1) is 0 Å². The number of hydrogen-bond acceptors (Lipinski definition) is 6. The quantitative estimate of drug-likeness (QED) is 0.710. The molecule has 1 atom stereocenters. The predicted octanol–water partition coefficient (Wildman–Crippen LogP) is 0.473. The van der Waals surface area contributed by atoms with Gasteiger partial charge in [0.15, 0.2) is 5.41 Å². The number of pyridine rings is 1. The highest BCUT2D eigenvalue weighted by Gasteiger charge is 2.58. The molecule has 1 aromatic heterocycles. The van der Waals surface area contributed by atoms with Gasteiger partial charge in [0.2, 0.25) is 11.8 Å². The van der Waals surface area contributed by atoms with Crippen LogP contribution in [0.5, 0.6) is 5.75 Å². The number of carbonyl (C=O) groups is 1. The van der Waals surface area contributed by atoms with Crippen molar-refractivity contribution in [3.05, 3.63) is 69.0 Å². The summed E-state index contributed by atoms with van der Waals surface area (Å²) in [7, 11) is 0. The normalized spacial score (nSPS) is 20.0. The van der Waals surface area contributed by atoms with Gasteiger partial charge in [-0.25, -0.2) is 0 Å². The number of aryl methyl sites for hydroxylation is 1. The summed E-state index contributed by atoms with van der Waals surface area (Å²) in [6.07, 6.45) is 0. The zero-order valence-electron chi connectivity index (χ0n) is 14.4. The van der Waals surface area contributed by atoms with Crippen LogP contribution in [-0.2, 0) is 16.8 Å². The Hall–Kier alpha value is -3.57. The Morgan fingerprint density at radius 3 is 2.81 bits per heavy atom. The molecule has 0 fully saturated rings. The molecule has 4 N–H and O–H groups in total. The Morgan fingerprint density at radius 2 is 2.11 bits per heavy atom. The molecule has 136 valence electrons. The zero-order chi connectivity index (χ0) is 19.3. The van der Waals surface area contributed by atoms with Crippen molar-refractivity contribution in [3.8, 4) is 11.8 Å². The van der Waals surface area contributed by atoms with Crippen molar-refractivity contribution in [2.24, 2.45) is 5.73 Å². The van der Waals surface area contributed by atoms with E-state index in [0.717, 1.165) is 0 Å². The van der Waals surface area contributed by atoms with Crippen molar-refractivity contribution in [3.63, 3.8) is 0 Å². The second-order valence-electron chi connectivity index (χ2n) is 6.41. The summed E-state index contributed by atoms with van der Waals surface area (Å²) in [5.74, 6) is -0.616. The van der Waals surface area contributed by atoms with Gasteiger partial charge in [0, 0.05) is 29.6 Å². The predicted molar refractivity (Wildman–Crippen MR) is 95.8 cm³/mol. The van der Waals surface area contributed by atoms with Crippen molar-refractivity contribution in [1.29, 1.82) is 5.26 Å². The lowest BCUT2D eigenvalue weighted by atomic mass is 9.69. The summed E-state index contributed by atoms with van der Waals surface area (Å²) in [6, 6.07) is 10.4. The van der Waals surface area contributed by atoms with Crippen LogP contribution in [0.4, 0.5) is 5.69 Å². The minimum Gasteiger partial charge on any atom is -0.440 e. The fourth-order valence-corrected chi connectivity index (χ4v) is 3.92. The minimum absolute atomic E-state index is 0.0229. The summed E-state index contributed by atoms with van der Waals surface area (Å²) in [6.45, 7) is 1.49. The number of nitrogens with zero attached hydrogens (tertiary/aromatic N) is 2. The molecule has 0 bridgehead atoms. The van der Waals surface area contributed by atoms with Crippen LogP contribution < -0.4 is 21.3 Å². The number of carbonyl (C=O) groups excluding carboxylic acids is 1. The number of fused-ring (bicyclic) bond motifs is 4. The number of ether oxygens (including phenoxy) is 1. The van der Waals surface area contributed by atoms with E-state index in [1.165, 1.54) is 4.57 Å². The lowest BCUT2D eigenvalue weighted by Gasteiger charge is -2.33. The molecule has 0 saturated heterocycles. The van der Waals surface area contributed by atoms with E-state index in [1.807, 2.05) is 6.07 Å². The number of aliphatic hydroxyl groups excluding tert-OH is 1. The van der Waals surface area contributed by atoms with Gasteiger partial charge < -0.3 is 25.5 Å². The second-order valence-corrected chi connectivity index (χ2v) is 6.41. The first-order valence-electron chi connectivity index (χ1n) is 8.31. The van der Waals surface area contributed by atoms with E-state index < -0.39 is 16.9 Å². The molecule has 0 aliphatic carbocycles. The molecule has 1 amide bonds. The Morgan fingerprint density at radius 1 is 1.37 bits per heavy atom. The highest BCUT2D eigenvalue weighted by Crippen LogP contribution is 2.51. The maximum atomic E-state index is 13.3. The molecule has 1 aromatic carbocycles. The van der Waals surface area contributed by atoms with Crippen LogP contribution in [0.3, 0.4) is 0 Å². The topological polar surface area (TPSA) is 130 Å². The van der Waals surface area contributed by atoms with Gasteiger partial charge in [0.1, 0.15) is 17.4 Å². The number of nitrogens with one attached hydrogen (secondary N) is 1. The fourth-order valence-electron chi connectivity index (χ4n) is 3.92. The maximum absolute atomic E-state index is 13.3. The third-order valence-corrected chi connectivity index (χ3v) is 5.04. The molecule has 0 saturated carbocycles. The second kappa shape index (κ2) is 5.72. The van der Waals surface area contributed by atoms with E-state index in [4.69, 9.17) is 10.5 Å². The number of benzene rings is 1. The molecule has 4 rings (SSSR count). The molecular weight excluding hydrogens is 348 g/mol. The lowest BCUT2D eigenvalue weighted by molar-refractivity contribution is -0.118. The maximum Gasteiger partial charge on any atom is 0.259 e. The van der Waals surface area contributed by atoms with Gasteiger partial charge in [-0.3, -0.25) is 9.59 Å². The highest BCUT2D eigenvalue weighted by atomic mass is 16.5. The van der Waals surface area contributed by atoms with E-state index in [0.29, 0.717) is 16.9 Å². The molecule has 2 aliphatic heterocycles. The van der Waals surface area contributed by atoms with Crippen molar-refractivity contribution < 1.29 is 14.6 Å². The van der Waals surface area contributed by atoms with E-state index in [2.05, 4.69) is 5.32 Å². The van der Waals surface area contributed by atoms with E-state index in [1.54, 1.807) is 37.3 Å². The number of amides is 1. The lowest BCUT2D eigenvalue weighted by Crippen LogP contribution is -2.47. The SMILES string of the molecule is Cc1cc2c(c(=O)n1CCO)[C@]1(C(=O)Nc3ccccc31)C(C#N)=C(N)O2. The van der Waals surface area contributed by atoms with E-state index in [9.17, 15) is 20.0 Å². The highest BCUT2D eigenvalue weighted by molar-refractivity contribution is 6.12. The number of aromatic nitrogens is 1. The Balaban J connectivity index is 2.19. The summed E-state index contributed by atoms with van der Waals surface area (Å²) in [5, 5.41) is 21.8. The van der Waals surface area contributed by atoms with Crippen molar-refractivity contribution >= 4 is 11.6 Å². The third kappa shape index (κ3) is 2.00. The molecule has 3 heterocycles. The van der Waals surface area contributed by atoms with Gasteiger partial charge >= 0.3 is 0 Å². The largest absolute Gasteiger partial charge is 0.440 e. The van der Waals surface area contributed by atoms with Crippen LogP contribution in [0.15, 0.2) is 46.6 Å². The van der Waals surface area contributed by atoms with Crippen molar-refractivity contribution in [2.75, 3.05) is 11.9 Å². The van der Waals surface area contributed by atoms with E-state index in [-0.39, 0.29) is 35.9 Å². The van der Waals surface area contributed by atoms with Crippen molar-refractivity contribution in [1.82, 2.24) is 4.57 Å². The smallest absolute Gasteiger partial charge is 0.259 e. The van der Waals surface area contributed by atoms with Crippen LogP contribution in [0.25, 0.3) is 0 Å². The third-order valence-electron chi connectivity index (χ3n) is 5.04. The molecule has 2 aliphatic rings. The van der Waals surface area contributed by atoms with Crippen LogP contribution in [0.1, 0.15) is 16.8 Å². The van der Waals surface area contributed by atoms with Crippen LogP contribution in [-0.4, -0.2) is 22.2 Å². The molecule has 0 unspecified atom stereocenters. The standard InChI is InChI=1S/C19H16N4O4/c1-10-8-14-15(17(25)23(10)6-7-24)19(12(9-20)16(21)27-14)11-4-2-3-5-13(11)22-18(19)26/h2-5,8,24H,6-7,21H2,1H3,(H,22,26)/t19-/m1/s1. The van der Waals surface area contributed by atoms with Crippen LogP contribution in [0.2, 0.25) is 0 Å². The summed E-state index contributed by atoms with van der Waals surface area (Å²) < 4.78 is 6.92. The number of para-hydroxylation sites is 1. The molecule has 2 aromatic rings. The summed E-state index contributed by atoms with van der Waals surface area (Å²) in [5.41, 5.74) is 5.19. The molecule has 1 spiro atoms. The molecule has 27 heavy (non-hydrogen) atoms. The Bertz CT molecular complexity index is 1130. The van der Waals surface area contributed by atoms with Crippen molar-refractivity contribution in [2.45, 2.75) is 18.9 Å². The number of rotatable bonds is 2. The van der Waals surface area contributed by atoms with Crippen LogP contribution >= 0.6 is 0 Å². The van der Waals surface area contributed by atoms with Gasteiger partial charge in [0.25, 0.3) is 5.56 Å². The average molecular weight is 364 g/mol. The van der Waals surface area contributed by atoms with Gasteiger partial charge in [-0.1, -0.05) is 18.2 Å². The first-order valence-corrected chi connectivity index (χ1v) is 8.31. The Labute approximate surface area is 154 Å². The first-order chi connectivity index (χ1) is 13.0. The molecular formula is C19H16N4O4. The molecule has 0 radical (unpaired) electrons. The summed E-state index contributed by atoms with van der Waals surface area (Å²) in [4.78, 5) is 26.5. The summed E-state index contributed by atoms with van der Waals surface area (Å²) >= 11 is 0. The van der Waals surface area contributed by atoms with Crippen LogP contribution in [0, 0.1) is 18.3 Å². The zero-order valence-corrected chi connectivity index (χ0v) is 14.4. The van der Waals surface area contributed by atoms with Gasteiger partial charge in [-0.05, 0) is 13.0 Å². The van der Waals surface area contributed by atoms with E-state index >= 15 is 0 Å².